The molecule has 2 aromatic rings. The number of hydrogen-bond donors (Lipinski definition) is 1. The predicted octanol–water partition coefficient (Wildman–Crippen LogP) is 2.95. The van der Waals surface area contributed by atoms with Gasteiger partial charge in [0.1, 0.15) is 17.4 Å². The summed E-state index contributed by atoms with van der Waals surface area (Å²) in [5.41, 5.74) is 0.863. The Labute approximate surface area is 121 Å². The predicted molar refractivity (Wildman–Crippen MR) is 75.4 cm³/mol. The summed E-state index contributed by atoms with van der Waals surface area (Å²) in [7, 11) is 1.55. The molecule has 2 rings (SSSR count). The van der Waals surface area contributed by atoms with Gasteiger partial charge in [-0.25, -0.2) is 8.78 Å². The van der Waals surface area contributed by atoms with Crippen molar-refractivity contribution in [2.75, 3.05) is 13.7 Å². The fraction of sp³-hybridized carbons (Fsp3) is 0.188. The van der Waals surface area contributed by atoms with E-state index < -0.39 is 11.6 Å². The molecule has 0 aliphatic carbocycles. The maximum Gasteiger partial charge on any atom is 0.251 e. The normalized spacial score (nSPS) is 10.2. The van der Waals surface area contributed by atoms with Gasteiger partial charge in [-0.15, -0.1) is 0 Å². The minimum Gasteiger partial charge on any atom is -0.497 e. The molecule has 110 valence electrons. The molecule has 0 aliphatic heterocycles. The first-order chi connectivity index (χ1) is 10.1. The van der Waals surface area contributed by atoms with E-state index in [9.17, 15) is 13.6 Å². The third-order valence-electron chi connectivity index (χ3n) is 3.05. The topological polar surface area (TPSA) is 38.3 Å². The Morgan fingerprint density at radius 2 is 1.86 bits per heavy atom. The number of hydrogen-bond acceptors (Lipinski definition) is 2. The number of rotatable bonds is 5. The number of ether oxygens (including phenoxy) is 1. The summed E-state index contributed by atoms with van der Waals surface area (Å²) < 4.78 is 31.2. The highest BCUT2D eigenvalue weighted by Gasteiger charge is 2.07. The van der Waals surface area contributed by atoms with Crippen LogP contribution in [0.5, 0.6) is 5.75 Å². The second kappa shape index (κ2) is 6.83. The highest BCUT2D eigenvalue weighted by Crippen LogP contribution is 2.12. The van der Waals surface area contributed by atoms with E-state index in [1.807, 2.05) is 0 Å². The van der Waals surface area contributed by atoms with Crippen LogP contribution in [0, 0.1) is 11.6 Å². The molecule has 1 amide bonds. The summed E-state index contributed by atoms with van der Waals surface area (Å²) in [5.74, 6) is -0.799. The number of halogens is 2. The molecule has 21 heavy (non-hydrogen) atoms. The van der Waals surface area contributed by atoms with Gasteiger partial charge >= 0.3 is 0 Å². The molecule has 0 heterocycles. The first kappa shape index (κ1) is 15.0. The highest BCUT2D eigenvalue weighted by molar-refractivity contribution is 5.94. The van der Waals surface area contributed by atoms with Gasteiger partial charge in [0.05, 0.1) is 7.11 Å². The molecule has 0 spiro atoms. The Hall–Kier alpha value is -2.43. The van der Waals surface area contributed by atoms with Gasteiger partial charge in [0, 0.05) is 18.2 Å². The number of benzene rings is 2. The van der Waals surface area contributed by atoms with Crippen LogP contribution in [0.1, 0.15) is 15.9 Å². The average Bonchev–Trinajstić information content (AvgIpc) is 2.49. The number of carbonyl (C=O) groups is 1. The van der Waals surface area contributed by atoms with Crippen LogP contribution >= 0.6 is 0 Å². The minimum atomic E-state index is -0.612. The lowest BCUT2D eigenvalue weighted by molar-refractivity contribution is 0.0954. The molecule has 0 bridgehead atoms. The first-order valence-corrected chi connectivity index (χ1v) is 6.46. The third kappa shape index (κ3) is 4.02. The second-order valence-corrected chi connectivity index (χ2v) is 4.47. The standard InChI is InChI=1S/C16H15F2NO2/c1-21-14-6-3-12(4-7-14)16(20)19-9-8-11-2-5-13(17)10-15(11)18/h2-7,10H,8-9H2,1H3,(H,19,20). The number of carbonyl (C=O) groups excluding carboxylic acids is 1. The Balaban J connectivity index is 1.88. The van der Waals surface area contributed by atoms with Crippen LogP contribution in [0.2, 0.25) is 0 Å². The first-order valence-electron chi connectivity index (χ1n) is 6.46. The summed E-state index contributed by atoms with van der Waals surface area (Å²) in [5, 5.41) is 2.69. The van der Waals surface area contributed by atoms with Gasteiger partial charge in [-0.05, 0) is 42.3 Å². The van der Waals surface area contributed by atoms with Gasteiger partial charge in [0.15, 0.2) is 0 Å². The summed E-state index contributed by atoms with van der Waals surface area (Å²) in [6.07, 6.45) is 0.300. The van der Waals surface area contributed by atoms with Crippen molar-refractivity contribution in [2.45, 2.75) is 6.42 Å². The van der Waals surface area contributed by atoms with Gasteiger partial charge in [-0.2, -0.15) is 0 Å². The zero-order chi connectivity index (χ0) is 15.2. The monoisotopic (exact) mass is 291 g/mol. The molecule has 0 radical (unpaired) electrons. The van der Waals surface area contributed by atoms with Crippen molar-refractivity contribution < 1.29 is 18.3 Å². The van der Waals surface area contributed by atoms with Crippen LogP contribution in [0.25, 0.3) is 0 Å². The van der Waals surface area contributed by atoms with Crippen LogP contribution in [-0.2, 0) is 6.42 Å². The Kier molecular flexibility index (Phi) is 4.87. The van der Waals surface area contributed by atoms with Crippen molar-refractivity contribution in [1.29, 1.82) is 0 Å². The molecule has 0 fully saturated rings. The largest absolute Gasteiger partial charge is 0.497 e. The zero-order valence-corrected chi connectivity index (χ0v) is 11.5. The van der Waals surface area contributed by atoms with E-state index in [4.69, 9.17) is 4.74 Å². The smallest absolute Gasteiger partial charge is 0.251 e. The zero-order valence-electron chi connectivity index (χ0n) is 11.5. The Morgan fingerprint density at radius 3 is 2.48 bits per heavy atom. The number of methoxy groups -OCH3 is 1. The molecule has 1 N–H and O–H groups in total. The van der Waals surface area contributed by atoms with Crippen LogP contribution in [0.4, 0.5) is 8.78 Å². The van der Waals surface area contributed by atoms with Crippen molar-refractivity contribution in [1.82, 2.24) is 5.32 Å². The molecule has 2 aromatic carbocycles. The summed E-state index contributed by atoms with van der Waals surface area (Å²) in [6.45, 7) is 0.271. The average molecular weight is 291 g/mol. The molecule has 0 aliphatic rings. The summed E-state index contributed by atoms with van der Waals surface area (Å²) in [4.78, 5) is 11.9. The summed E-state index contributed by atoms with van der Waals surface area (Å²) in [6, 6.07) is 10.1. The van der Waals surface area contributed by atoms with Crippen molar-refractivity contribution in [3.8, 4) is 5.75 Å². The fourth-order valence-electron chi connectivity index (χ4n) is 1.88. The molecule has 0 unspecified atom stereocenters. The minimum absolute atomic E-state index is 0.250. The van der Waals surface area contributed by atoms with E-state index in [1.54, 1.807) is 31.4 Å². The van der Waals surface area contributed by atoms with E-state index in [1.165, 1.54) is 12.1 Å². The van der Waals surface area contributed by atoms with Crippen molar-refractivity contribution in [2.24, 2.45) is 0 Å². The molecule has 0 saturated heterocycles. The lowest BCUT2D eigenvalue weighted by Gasteiger charge is -2.07. The molecule has 3 nitrogen and oxygen atoms in total. The second-order valence-electron chi connectivity index (χ2n) is 4.47. The Morgan fingerprint density at radius 1 is 1.14 bits per heavy atom. The molecule has 5 heteroatoms. The van der Waals surface area contributed by atoms with Crippen LogP contribution in [-0.4, -0.2) is 19.6 Å². The number of nitrogens with one attached hydrogen (secondary N) is 1. The molecular formula is C16H15F2NO2. The van der Waals surface area contributed by atoms with E-state index in [-0.39, 0.29) is 12.5 Å². The van der Waals surface area contributed by atoms with Gasteiger partial charge in [-0.1, -0.05) is 6.07 Å². The Bertz CT molecular complexity index is 627. The maximum absolute atomic E-state index is 13.4. The summed E-state index contributed by atoms with van der Waals surface area (Å²) >= 11 is 0. The number of amides is 1. The van der Waals surface area contributed by atoms with Crippen molar-refractivity contribution >= 4 is 5.91 Å². The van der Waals surface area contributed by atoms with Crippen LogP contribution in [0.15, 0.2) is 42.5 Å². The van der Waals surface area contributed by atoms with Crippen molar-refractivity contribution in [3.05, 3.63) is 65.2 Å². The van der Waals surface area contributed by atoms with E-state index >= 15 is 0 Å². The SMILES string of the molecule is COc1ccc(C(=O)NCCc2ccc(F)cc2F)cc1. The van der Waals surface area contributed by atoms with E-state index in [0.29, 0.717) is 23.3 Å². The third-order valence-corrected chi connectivity index (χ3v) is 3.05. The van der Waals surface area contributed by atoms with E-state index in [2.05, 4.69) is 5.32 Å². The van der Waals surface area contributed by atoms with Crippen LogP contribution in [0.3, 0.4) is 0 Å². The molecule has 0 saturated carbocycles. The molecule has 0 atom stereocenters. The maximum atomic E-state index is 13.4. The van der Waals surface area contributed by atoms with E-state index in [0.717, 1.165) is 6.07 Å². The fourth-order valence-corrected chi connectivity index (χ4v) is 1.88. The molecular weight excluding hydrogens is 276 g/mol. The highest BCUT2D eigenvalue weighted by atomic mass is 19.1. The van der Waals surface area contributed by atoms with Gasteiger partial charge in [0.2, 0.25) is 0 Å². The van der Waals surface area contributed by atoms with Gasteiger partial charge in [0.25, 0.3) is 5.91 Å². The quantitative estimate of drug-likeness (QED) is 0.920. The van der Waals surface area contributed by atoms with Crippen molar-refractivity contribution in [3.63, 3.8) is 0 Å². The lowest BCUT2D eigenvalue weighted by Crippen LogP contribution is -2.25. The van der Waals surface area contributed by atoms with Gasteiger partial charge < -0.3 is 10.1 Å². The van der Waals surface area contributed by atoms with Gasteiger partial charge in [-0.3, -0.25) is 4.79 Å². The lowest BCUT2D eigenvalue weighted by atomic mass is 10.1. The van der Waals surface area contributed by atoms with Crippen LogP contribution < -0.4 is 10.1 Å². The molecule has 0 aromatic heterocycles.